The summed E-state index contributed by atoms with van der Waals surface area (Å²) in [6, 6.07) is 7.54. The van der Waals surface area contributed by atoms with E-state index in [9.17, 15) is 4.79 Å². The van der Waals surface area contributed by atoms with Crippen molar-refractivity contribution in [2.75, 3.05) is 26.9 Å². The molecule has 19 heavy (non-hydrogen) atoms. The second-order valence-electron chi connectivity index (χ2n) is 4.67. The Bertz CT molecular complexity index is 515. The summed E-state index contributed by atoms with van der Waals surface area (Å²) >= 11 is 0. The lowest BCUT2D eigenvalue weighted by Crippen LogP contribution is -2.13. The SMILES string of the molecule is COc1ccc(C2=C3COCCOC3CC2=O)cc1. The summed E-state index contributed by atoms with van der Waals surface area (Å²) in [6.07, 6.45) is 0.326. The molecule has 1 heterocycles. The lowest BCUT2D eigenvalue weighted by molar-refractivity contribution is -0.114. The van der Waals surface area contributed by atoms with Crippen LogP contribution in [0, 0.1) is 0 Å². The quantitative estimate of drug-likeness (QED) is 0.814. The molecule has 3 rings (SSSR count). The molecule has 1 unspecified atom stereocenters. The molecule has 0 amide bonds. The molecule has 0 spiro atoms. The van der Waals surface area contributed by atoms with Crippen LogP contribution in [0.15, 0.2) is 29.8 Å². The highest BCUT2D eigenvalue weighted by Crippen LogP contribution is 2.34. The second-order valence-corrected chi connectivity index (χ2v) is 4.67. The molecule has 2 aliphatic rings. The lowest BCUT2D eigenvalue weighted by atomic mass is 10.0. The largest absolute Gasteiger partial charge is 0.497 e. The maximum Gasteiger partial charge on any atom is 0.166 e. The van der Waals surface area contributed by atoms with Crippen molar-refractivity contribution in [1.29, 1.82) is 0 Å². The third kappa shape index (κ3) is 2.29. The Balaban J connectivity index is 1.99. The van der Waals surface area contributed by atoms with E-state index in [1.807, 2.05) is 24.3 Å². The Morgan fingerprint density at radius 2 is 2.00 bits per heavy atom. The first-order valence-electron chi connectivity index (χ1n) is 6.39. The molecule has 1 aromatic rings. The molecule has 0 bridgehead atoms. The van der Waals surface area contributed by atoms with E-state index in [2.05, 4.69) is 0 Å². The van der Waals surface area contributed by atoms with Gasteiger partial charge in [-0.3, -0.25) is 4.79 Å². The van der Waals surface area contributed by atoms with Gasteiger partial charge in [0.25, 0.3) is 0 Å². The minimum atomic E-state index is -0.105. The molecule has 1 aromatic carbocycles. The Morgan fingerprint density at radius 1 is 1.21 bits per heavy atom. The van der Waals surface area contributed by atoms with Gasteiger partial charge < -0.3 is 14.2 Å². The number of carbonyl (C=O) groups excluding carboxylic acids is 1. The molecule has 1 saturated heterocycles. The average molecular weight is 260 g/mol. The van der Waals surface area contributed by atoms with Gasteiger partial charge in [-0.1, -0.05) is 12.1 Å². The summed E-state index contributed by atoms with van der Waals surface area (Å²) in [5.74, 6) is 0.917. The van der Waals surface area contributed by atoms with Crippen molar-refractivity contribution in [3.63, 3.8) is 0 Å². The van der Waals surface area contributed by atoms with Crippen molar-refractivity contribution in [2.45, 2.75) is 12.5 Å². The van der Waals surface area contributed by atoms with Crippen molar-refractivity contribution in [3.8, 4) is 5.75 Å². The van der Waals surface area contributed by atoms with E-state index < -0.39 is 0 Å². The van der Waals surface area contributed by atoms with E-state index in [0.717, 1.165) is 22.5 Å². The number of hydrogen-bond donors (Lipinski definition) is 0. The molecule has 0 radical (unpaired) electrons. The molecular formula is C15H16O4. The Kier molecular flexibility index (Phi) is 3.36. The fourth-order valence-electron chi connectivity index (χ4n) is 2.59. The average Bonchev–Trinajstić information content (AvgIpc) is 2.61. The molecule has 1 atom stereocenters. The molecule has 1 aliphatic carbocycles. The van der Waals surface area contributed by atoms with Gasteiger partial charge in [0, 0.05) is 12.0 Å². The number of methoxy groups -OCH3 is 1. The standard InChI is InChI=1S/C15H16O4/c1-17-11-4-2-10(3-5-11)15-12-9-18-6-7-19-14(12)8-13(15)16/h2-5,14H,6-9H2,1H3. The Morgan fingerprint density at radius 3 is 2.74 bits per heavy atom. The van der Waals surface area contributed by atoms with Crippen LogP contribution in [-0.2, 0) is 14.3 Å². The number of fused-ring (bicyclic) bond motifs is 1. The molecule has 0 aromatic heterocycles. The summed E-state index contributed by atoms with van der Waals surface area (Å²) in [5.41, 5.74) is 2.65. The topological polar surface area (TPSA) is 44.8 Å². The van der Waals surface area contributed by atoms with Gasteiger partial charge in [-0.15, -0.1) is 0 Å². The van der Waals surface area contributed by atoms with Crippen LogP contribution in [0.2, 0.25) is 0 Å². The molecule has 4 nitrogen and oxygen atoms in total. The highest BCUT2D eigenvalue weighted by Gasteiger charge is 2.34. The second kappa shape index (κ2) is 5.15. The van der Waals surface area contributed by atoms with Gasteiger partial charge >= 0.3 is 0 Å². The zero-order chi connectivity index (χ0) is 13.2. The molecule has 1 fully saturated rings. The summed E-state index contributed by atoms with van der Waals surface area (Å²) in [6.45, 7) is 1.62. The van der Waals surface area contributed by atoms with E-state index in [1.165, 1.54) is 0 Å². The zero-order valence-electron chi connectivity index (χ0n) is 10.8. The zero-order valence-corrected chi connectivity index (χ0v) is 10.8. The van der Waals surface area contributed by atoms with Crippen LogP contribution in [0.5, 0.6) is 5.75 Å². The number of benzene rings is 1. The first-order valence-corrected chi connectivity index (χ1v) is 6.39. The fourth-order valence-corrected chi connectivity index (χ4v) is 2.59. The summed E-state index contributed by atoms with van der Waals surface area (Å²) in [4.78, 5) is 12.2. The number of hydrogen-bond acceptors (Lipinski definition) is 4. The lowest BCUT2D eigenvalue weighted by Gasteiger charge is -2.10. The molecular weight excluding hydrogens is 244 g/mol. The van der Waals surface area contributed by atoms with Crippen LogP contribution in [0.3, 0.4) is 0 Å². The predicted octanol–water partition coefficient (Wildman–Crippen LogP) is 1.84. The molecule has 4 heteroatoms. The van der Waals surface area contributed by atoms with E-state index >= 15 is 0 Å². The predicted molar refractivity (Wildman–Crippen MR) is 70.1 cm³/mol. The van der Waals surface area contributed by atoms with E-state index in [1.54, 1.807) is 7.11 Å². The van der Waals surface area contributed by atoms with Crippen molar-refractivity contribution < 1.29 is 19.0 Å². The number of carbonyl (C=O) groups is 1. The minimum absolute atomic E-state index is 0.105. The van der Waals surface area contributed by atoms with Crippen LogP contribution in [0.25, 0.3) is 5.57 Å². The van der Waals surface area contributed by atoms with Gasteiger partial charge in [-0.05, 0) is 23.3 Å². The number of allylic oxidation sites excluding steroid dienone is 1. The van der Waals surface area contributed by atoms with Gasteiger partial charge in [0.1, 0.15) is 5.75 Å². The summed E-state index contributed by atoms with van der Waals surface area (Å²) in [7, 11) is 1.63. The first kappa shape index (κ1) is 12.4. The molecule has 1 aliphatic heterocycles. The Hall–Kier alpha value is -1.65. The molecule has 0 N–H and O–H groups in total. The summed E-state index contributed by atoms with van der Waals surface area (Å²) in [5, 5.41) is 0. The third-order valence-electron chi connectivity index (χ3n) is 3.54. The van der Waals surface area contributed by atoms with E-state index in [-0.39, 0.29) is 11.9 Å². The van der Waals surface area contributed by atoms with E-state index in [0.29, 0.717) is 26.2 Å². The molecule has 0 saturated carbocycles. The van der Waals surface area contributed by atoms with Crippen LogP contribution in [0.1, 0.15) is 12.0 Å². The van der Waals surface area contributed by atoms with Crippen LogP contribution in [-0.4, -0.2) is 38.8 Å². The number of ether oxygens (including phenoxy) is 3. The van der Waals surface area contributed by atoms with Gasteiger partial charge in [0.15, 0.2) is 5.78 Å². The Labute approximate surface area is 112 Å². The first-order chi connectivity index (χ1) is 9.29. The maximum absolute atomic E-state index is 12.2. The van der Waals surface area contributed by atoms with Gasteiger partial charge in [-0.2, -0.15) is 0 Å². The highest BCUT2D eigenvalue weighted by molar-refractivity contribution is 6.24. The highest BCUT2D eigenvalue weighted by atomic mass is 16.5. The number of rotatable bonds is 2. The normalized spacial score (nSPS) is 23.2. The maximum atomic E-state index is 12.2. The van der Waals surface area contributed by atoms with Crippen molar-refractivity contribution in [1.82, 2.24) is 0 Å². The van der Waals surface area contributed by atoms with Crippen molar-refractivity contribution in [3.05, 3.63) is 35.4 Å². The van der Waals surface area contributed by atoms with Crippen LogP contribution >= 0.6 is 0 Å². The van der Waals surface area contributed by atoms with Crippen LogP contribution in [0.4, 0.5) is 0 Å². The smallest absolute Gasteiger partial charge is 0.166 e. The van der Waals surface area contributed by atoms with Crippen molar-refractivity contribution in [2.24, 2.45) is 0 Å². The van der Waals surface area contributed by atoms with E-state index in [4.69, 9.17) is 14.2 Å². The van der Waals surface area contributed by atoms with Crippen LogP contribution < -0.4 is 4.74 Å². The summed E-state index contributed by atoms with van der Waals surface area (Å²) < 4.78 is 16.3. The van der Waals surface area contributed by atoms with Gasteiger partial charge in [-0.25, -0.2) is 0 Å². The monoisotopic (exact) mass is 260 g/mol. The third-order valence-corrected chi connectivity index (χ3v) is 3.54. The number of ketones is 1. The molecule has 100 valence electrons. The minimum Gasteiger partial charge on any atom is -0.497 e. The van der Waals surface area contributed by atoms with Gasteiger partial charge in [0.2, 0.25) is 0 Å². The van der Waals surface area contributed by atoms with Gasteiger partial charge in [0.05, 0.1) is 33.0 Å². The number of Topliss-reactive ketones (excluding diaryl/α,β-unsaturated/α-hetero) is 1. The van der Waals surface area contributed by atoms with Crippen molar-refractivity contribution >= 4 is 11.4 Å². The fraction of sp³-hybridized carbons (Fsp3) is 0.400.